The molecule has 0 aliphatic carbocycles. The summed E-state index contributed by atoms with van der Waals surface area (Å²) in [7, 11) is 1.21. The van der Waals surface area contributed by atoms with Crippen LogP contribution in [0, 0.1) is 5.41 Å². The van der Waals surface area contributed by atoms with Crippen LogP contribution in [0.15, 0.2) is 85.1 Å². The van der Waals surface area contributed by atoms with E-state index in [1.54, 1.807) is 24.3 Å². The Morgan fingerprint density at radius 3 is 2.22 bits per heavy atom. The number of nitrogens with zero attached hydrogens (tertiary/aromatic N) is 2. The number of nitrogens with one attached hydrogen (secondary N) is 4. The van der Waals surface area contributed by atoms with Crippen molar-refractivity contribution in [3.05, 3.63) is 118 Å². The Balaban J connectivity index is 1.63. The molecule has 0 bridgehead atoms. The van der Waals surface area contributed by atoms with E-state index in [0.29, 0.717) is 21.9 Å². The van der Waals surface area contributed by atoms with Gasteiger partial charge in [-0.3, -0.25) is 4.79 Å². The number of carbonyl (C=O) groups is 2. The standard InChI is InChI=1S/C33H32ClF3N6O3/c1-32(2,30(45)46-3)43-29(44)26-19-41-31(40-17-20-9-13-23(14-10-20)33(35,36)37)42-28(26)39-18-25(21-7-5-4-6-8-21)27(38)22-11-15-24(34)16-12-22/h4-16,19,25,38H,17-18H2,1-3H3,(H,43,44)(H2,39,40,41,42). The van der Waals surface area contributed by atoms with Gasteiger partial charge in [0.25, 0.3) is 5.91 Å². The average Bonchev–Trinajstić information content (AvgIpc) is 3.03. The van der Waals surface area contributed by atoms with Gasteiger partial charge < -0.3 is 26.1 Å². The molecular formula is C33H32ClF3N6O3. The summed E-state index contributed by atoms with van der Waals surface area (Å²) in [6.45, 7) is 3.22. The van der Waals surface area contributed by atoms with E-state index in [-0.39, 0.29) is 30.4 Å². The molecule has 3 aromatic carbocycles. The van der Waals surface area contributed by atoms with Gasteiger partial charge in [-0.25, -0.2) is 9.78 Å². The third kappa shape index (κ3) is 8.60. The maximum Gasteiger partial charge on any atom is 0.416 e. The number of ether oxygens (including phenoxy) is 1. The number of hydrogen-bond donors (Lipinski definition) is 4. The maximum atomic E-state index is 13.4. The molecule has 1 aromatic heterocycles. The van der Waals surface area contributed by atoms with Gasteiger partial charge in [-0.05, 0) is 54.8 Å². The molecule has 1 unspecified atom stereocenters. The molecule has 240 valence electrons. The molecule has 13 heteroatoms. The van der Waals surface area contributed by atoms with Crippen LogP contribution in [-0.2, 0) is 22.3 Å². The van der Waals surface area contributed by atoms with Crippen LogP contribution in [0.3, 0.4) is 0 Å². The predicted octanol–water partition coefficient (Wildman–Crippen LogP) is 6.71. The number of anilines is 2. The van der Waals surface area contributed by atoms with Gasteiger partial charge in [-0.1, -0.05) is 66.2 Å². The first-order chi connectivity index (χ1) is 21.8. The Kier molecular flexibility index (Phi) is 10.6. The summed E-state index contributed by atoms with van der Waals surface area (Å²) in [4.78, 5) is 34.4. The zero-order valence-corrected chi connectivity index (χ0v) is 26.0. The predicted molar refractivity (Wildman–Crippen MR) is 170 cm³/mol. The molecule has 1 atom stereocenters. The summed E-state index contributed by atoms with van der Waals surface area (Å²) in [5, 5.41) is 18.3. The second kappa shape index (κ2) is 14.4. The normalized spacial score (nSPS) is 12.2. The van der Waals surface area contributed by atoms with Gasteiger partial charge in [-0.2, -0.15) is 18.2 Å². The van der Waals surface area contributed by atoms with E-state index < -0.39 is 35.1 Å². The van der Waals surface area contributed by atoms with Crippen molar-refractivity contribution in [3.63, 3.8) is 0 Å². The van der Waals surface area contributed by atoms with Gasteiger partial charge in [0.05, 0.1) is 12.7 Å². The van der Waals surface area contributed by atoms with E-state index in [4.69, 9.17) is 21.7 Å². The fraction of sp³-hybridized carbons (Fsp3) is 0.242. The highest BCUT2D eigenvalue weighted by molar-refractivity contribution is 6.30. The molecule has 4 N–H and O–H groups in total. The topological polar surface area (TPSA) is 129 Å². The highest BCUT2D eigenvalue weighted by atomic mass is 35.5. The third-order valence-corrected chi connectivity index (χ3v) is 7.32. The van der Waals surface area contributed by atoms with E-state index in [0.717, 1.165) is 17.7 Å². The molecule has 9 nitrogen and oxygen atoms in total. The number of rotatable bonds is 12. The molecule has 0 aliphatic rings. The molecule has 0 radical (unpaired) electrons. The second-order valence-corrected chi connectivity index (χ2v) is 11.3. The number of alkyl halides is 3. The minimum absolute atomic E-state index is 0.0156. The van der Waals surface area contributed by atoms with E-state index in [2.05, 4.69) is 25.9 Å². The lowest BCUT2D eigenvalue weighted by molar-refractivity contribution is -0.146. The number of esters is 1. The molecule has 1 amide bonds. The van der Waals surface area contributed by atoms with Gasteiger partial charge in [-0.15, -0.1) is 0 Å². The lowest BCUT2D eigenvalue weighted by Gasteiger charge is -2.24. The molecular weight excluding hydrogens is 621 g/mol. The number of hydrogen-bond acceptors (Lipinski definition) is 8. The Morgan fingerprint density at radius 1 is 0.957 bits per heavy atom. The van der Waals surface area contributed by atoms with Crippen molar-refractivity contribution in [3.8, 4) is 0 Å². The molecule has 46 heavy (non-hydrogen) atoms. The van der Waals surface area contributed by atoms with E-state index in [1.165, 1.54) is 39.3 Å². The van der Waals surface area contributed by atoms with Gasteiger partial charge in [0.2, 0.25) is 5.95 Å². The zero-order chi connectivity index (χ0) is 33.5. The van der Waals surface area contributed by atoms with Gasteiger partial charge in [0.1, 0.15) is 16.9 Å². The van der Waals surface area contributed by atoms with Crippen molar-refractivity contribution in [2.24, 2.45) is 0 Å². The Bertz CT molecular complexity index is 1680. The number of benzene rings is 3. The summed E-state index contributed by atoms with van der Waals surface area (Å²) in [6, 6.07) is 20.9. The van der Waals surface area contributed by atoms with Crippen LogP contribution in [0.4, 0.5) is 24.9 Å². The van der Waals surface area contributed by atoms with Gasteiger partial charge >= 0.3 is 12.1 Å². The van der Waals surface area contributed by atoms with Crippen LogP contribution in [0.1, 0.15) is 52.4 Å². The van der Waals surface area contributed by atoms with Crippen molar-refractivity contribution < 1.29 is 27.5 Å². The highest BCUT2D eigenvalue weighted by Crippen LogP contribution is 2.29. The van der Waals surface area contributed by atoms with E-state index >= 15 is 0 Å². The zero-order valence-electron chi connectivity index (χ0n) is 25.2. The third-order valence-electron chi connectivity index (χ3n) is 7.07. The number of methoxy groups -OCH3 is 1. The molecule has 0 aliphatic heterocycles. The summed E-state index contributed by atoms with van der Waals surface area (Å²) in [5.41, 5.74) is 0.215. The van der Waals surface area contributed by atoms with Crippen molar-refractivity contribution in [1.82, 2.24) is 15.3 Å². The van der Waals surface area contributed by atoms with Crippen molar-refractivity contribution in [2.45, 2.75) is 38.0 Å². The number of amides is 1. The Labute approximate surface area is 269 Å². The number of aromatic nitrogens is 2. The first kappa shape index (κ1) is 33.9. The summed E-state index contributed by atoms with van der Waals surface area (Å²) in [6.07, 6.45) is -3.18. The van der Waals surface area contributed by atoms with Crippen molar-refractivity contribution in [2.75, 3.05) is 24.3 Å². The average molecular weight is 653 g/mol. The second-order valence-electron chi connectivity index (χ2n) is 10.8. The summed E-state index contributed by atoms with van der Waals surface area (Å²) >= 11 is 6.07. The highest BCUT2D eigenvalue weighted by Gasteiger charge is 2.32. The summed E-state index contributed by atoms with van der Waals surface area (Å²) < 4.78 is 43.7. The van der Waals surface area contributed by atoms with E-state index in [9.17, 15) is 22.8 Å². The Hall–Kier alpha value is -4.97. The van der Waals surface area contributed by atoms with Crippen LogP contribution in [0.25, 0.3) is 0 Å². The largest absolute Gasteiger partial charge is 0.467 e. The fourth-order valence-corrected chi connectivity index (χ4v) is 4.65. The van der Waals surface area contributed by atoms with Crippen LogP contribution >= 0.6 is 11.6 Å². The smallest absolute Gasteiger partial charge is 0.416 e. The van der Waals surface area contributed by atoms with Gasteiger partial charge in [0, 0.05) is 35.9 Å². The molecule has 4 rings (SSSR count). The monoisotopic (exact) mass is 652 g/mol. The summed E-state index contributed by atoms with van der Waals surface area (Å²) in [5.74, 6) is -1.60. The Morgan fingerprint density at radius 2 is 1.61 bits per heavy atom. The fourth-order valence-electron chi connectivity index (χ4n) is 4.52. The number of halogens is 4. The van der Waals surface area contributed by atoms with Crippen LogP contribution in [0.5, 0.6) is 0 Å². The van der Waals surface area contributed by atoms with E-state index in [1.807, 2.05) is 30.3 Å². The maximum absolute atomic E-state index is 13.4. The first-order valence-electron chi connectivity index (χ1n) is 14.1. The lowest BCUT2D eigenvalue weighted by Crippen LogP contribution is -2.50. The van der Waals surface area contributed by atoms with Crippen LogP contribution in [-0.4, -0.2) is 46.7 Å². The molecule has 0 saturated carbocycles. The SMILES string of the molecule is COC(=O)C(C)(C)NC(=O)c1cnc(NCc2ccc(C(F)(F)F)cc2)nc1NCC(C(=N)c1ccc(Cl)cc1)c1ccccc1. The molecule has 1 heterocycles. The molecule has 0 spiro atoms. The molecule has 0 saturated heterocycles. The molecule has 4 aromatic rings. The van der Waals surface area contributed by atoms with Gasteiger partial charge in [0.15, 0.2) is 0 Å². The van der Waals surface area contributed by atoms with Crippen molar-refractivity contribution >= 4 is 41.0 Å². The quantitative estimate of drug-likeness (QED) is 0.0989. The number of carbonyl (C=O) groups excluding carboxylic acids is 2. The van der Waals surface area contributed by atoms with Crippen molar-refractivity contribution in [1.29, 1.82) is 5.41 Å². The van der Waals surface area contributed by atoms with Crippen LogP contribution in [0.2, 0.25) is 5.02 Å². The minimum atomic E-state index is -4.45. The minimum Gasteiger partial charge on any atom is -0.467 e. The lowest BCUT2D eigenvalue weighted by atomic mass is 9.90. The van der Waals surface area contributed by atoms with Crippen LogP contribution < -0.4 is 16.0 Å². The molecule has 0 fully saturated rings. The first-order valence-corrected chi connectivity index (χ1v) is 14.5.